The molecule has 0 aliphatic heterocycles. The fourth-order valence-corrected chi connectivity index (χ4v) is 4.75. The minimum Gasteiger partial charge on any atom is -0.357 e. The molecule has 0 fully saturated rings. The summed E-state index contributed by atoms with van der Waals surface area (Å²) in [5.41, 5.74) is 0.484. The Kier molecular flexibility index (Phi) is 6.62. The number of nitrogens with zero attached hydrogens (tertiary/aromatic N) is 2. The van der Waals surface area contributed by atoms with Crippen molar-refractivity contribution in [3.63, 3.8) is 0 Å². The Bertz CT molecular complexity index is 733. The molecule has 0 spiro atoms. The maximum absolute atomic E-state index is 12.4. The molecule has 24 heavy (non-hydrogen) atoms. The Balaban J connectivity index is 2.12. The highest BCUT2D eigenvalue weighted by atomic mass is 32.2. The van der Waals surface area contributed by atoms with E-state index in [-0.39, 0.29) is 0 Å². The number of aryl methyl sites for hydroxylation is 1. The maximum atomic E-state index is 12.4. The highest BCUT2D eigenvalue weighted by Gasteiger charge is 2.17. The lowest BCUT2D eigenvalue weighted by atomic mass is 10.3. The molecule has 2 heterocycles. The van der Waals surface area contributed by atoms with Gasteiger partial charge in [-0.1, -0.05) is 20.8 Å². The Hall–Kier alpha value is -1.60. The number of rotatable bonds is 9. The number of aromatic nitrogens is 1. The number of sulfonamides is 1. The van der Waals surface area contributed by atoms with E-state index >= 15 is 0 Å². The second kappa shape index (κ2) is 8.48. The third kappa shape index (κ3) is 4.70. The van der Waals surface area contributed by atoms with Gasteiger partial charge in [-0.3, -0.25) is 4.72 Å². The van der Waals surface area contributed by atoms with E-state index in [2.05, 4.69) is 28.5 Å². The average molecular weight is 368 g/mol. The predicted octanol–water partition coefficient (Wildman–Crippen LogP) is 4.13. The highest BCUT2D eigenvalue weighted by molar-refractivity contribution is 7.94. The van der Waals surface area contributed by atoms with Crippen LogP contribution in [0.3, 0.4) is 0 Å². The lowest BCUT2D eigenvalue weighted by Crippen LogP contribution is -2.25. The Morgan fingerprint density at radius 2 is 1.79 bits per heavy atom. The van der Waals surface area contributed by atoms with Gasteiger partial charge in [-0.15, -0.1) is 11.3 Å². The summed E-state index contributed by atoms with van der Waals surface area (Å²) in [6.07, 6.45) is 4.52. The zero-order chi connectivity index (χ0) is 17.6. The quantitative estimate of drug-likeness (QED) is 0.724. The van der Waals surface area contributed by atoms with Crippen LogP contribution in [0.2, 0.25) is 0 Å². The lowest BCUT2D eigenvalue weighted by Gasteiger charge is -2.22. The van der Waals surface area contributed by atoms with Crippen LogP contribution in [-0.4, -0.2) is 26.5 Å². The van der Waals surface area contributed by atoms with Crippen molar-refractivity contribution in [3.05, 3.63) is 35.3 Å². The topological polar surface area (TPSA) is 62.3 Å². The molecular weight excluding hydrogens is 342 g/mol. The van der Waals surface area contributed by atoms with Gasteiger partial charge in [-0.25, -0.2) is 13.4 Å². The number of anilines is 2. The molecule has 0 aliphatic rings. The van der Waals surface area contributed by atoms with Crippen LogP contribution in [0.5, 0.6) is 0 Å². The number of hydrogen-bond donors (Lipinski definition) is 1. The van der Waals surface area contributed by atoms with E-state index in [9.17, 15) is 8.42 Å². The molecular formula is C17H25N3O2S2. The average Bonchev–Trinajstić information content (AvgIpc) is 3.05. The summed E-state index contributed by atoms with van der Waals surface area (Å²) in [6.45, 7) is 8.17. The summed E-state index contributed by atoms with van der Waals surface area (Å²) in [6, 6.07) is 7.15. The monoisotopic (exact) mass is 367 g/mol. The molecule has 0 bridgehead atoms. The van der Waals surface area contributed by atoms with Gasteiger partial charge >= 0.3 is 0 Å². The van der Waals surface area contributed by atoms with Crippen LogP contribution in [0, 0.1) is 0 Å². The van der Waals surface area contributed by atoms with Crippen molar-refractivity contribution < 1.29 is 8.42 Å². The minimum atomic E-state index is -3.54. The standard InChI is InChI=1S/C17H25N3O2S2/c1-4-11-20(12-5-2)16-9-7-14(13-18-16)19-24(21,22)17-10-8-15(6-3)23-17/h7-10,13,19H,4-6,11-12H2,1-3H3. The smallest absolute Gasteiger partial charge is 0.271 e. The molecule has 0 aromatic carbocycles. The van der Waals surface area contributed by atoms with Crippen molar-refractivity contribution in [2.45, 2.75) is 44.2 Å². The second-order valence-corrected chi connectivity index (χ2v) is 8.65. The van der Waals surface area contributed by atoms with Crippen molar-refractivity contribution in [1.82, 2.24) is 4.98 Å². The number of thiophene rings is 1. The first-order valence-corrected chi connectivity index (χ1v) is 10.6. The van der Waals surface area contributed by atoms with E-state index < -0.39 is 10.0 Å². The van der Waals surface area contributed by atoms with Crippen LogP contribution >= 0.6 is 11.3 Å². The van der Waals surface area contributed by atoms with Crippen molar-refractivity contribution in [2.24, 2.45) is 0 Å². The van der Waals surface area contributed by atoms with Crippen LogP contribution in [0.25, 0.3) is 0 Å². The van der Waals surface area contributed by atoms with Crippen LogP contribution in [0.15, 0.2) is 34.7 Å². The molecule has 0 radical (unpaired) electrons. The summed E-state index contributed by atoms with van der Waals surface area (Å²) in [5, 5.41) is 0. The molecule has 1 N–H and O–H groups in total. The molecule has 0 amide bonds. The zero-order valence-corrected chi connectivity index (χ0v) is 16.1. The summed E-state index contributed by atoms with van der Waals surface area (Å²) in [5.74, 6) is 0.881. The van der Waals surface area contributed by atoms with Gasteiger partial charge in [0.25, 0.3) is 10.0 Å². The Labute approximate surface area is 148 Å². The summed E-state index contributed by atoms with van der Waals surface area (Å²) in [4.78, 5) is 7.69. The van der Waals surface area contributed by atoms with E-state index in [1.165, 1.54) is 11.3 Å². The SMILES string of the molecule is CCCN(CCC)c1ccc(NS(=O)(=O)c2ccc(CC)s2)cn1. The van der Waals surface area contributed by atoms with Gasteiger partial charge < -0.3 is 4.90 Å². The van der Waals surface area contributed by atoms with Crippen molar-refractivity contribution in [3.8, 4) is 0 Å². The van der Waals surface area contributed by atoms with E-state index in [4.69, 9.17) is 0 Å². The first kappa shape index (κ1) is 18.7. The van der Waals surface area contributed by atoms with E-state index in [1.807, 2.05) is 19.1 Å². The highest BCUT2D eigenvalue weighted by Crippen LogP contribution is 2.24. The van der Waals surface area contributed by atoms with Gasteiger partial charge in [0.2, 0.25) is 0 Å². The van der Waals surface area contributed by atoms with E-state index in [0.717, 1.165) is 43.0 Å². The van der Waals surface area contributed by atoms with Crippen LogP contribution in [-0.2, 0) is 16.4 Å². The molecule has 2 rings (SSSR count). The first-order valence-electron chi connectivity index (χ1n) is 8.32. The summed E-state index contributed by atoms with van der Waals surface area (Å²) in [7, 11) is -3.54. The Morgan fingerprint density at radius 3 is 2.29 bits per heavy atom. The van der Waals surface area contributed by atoms with Gasteiger partial charge in [-0.05, 0) is 43.5 Å². The molecule has 2 aromatic heterocycles. The van der Waals surface area contributed by atoms with Crippen LogP contribution < -0.4 is 9.62 Å². The summed E-state index contributed by atoms with van der Waals surface area (Å²) >= 11 is 1.30. The van der Waals surface area contributed by atoms with Gasteiger partial charge in [0.15, 0.2) is 0 Å². The molecule has 0 aliphatic carbocycles. The maximum Gasteiger partial charge on any atom is 0.271 e. The Morgan fingerprint density at radius 1 is 1.08 bits per heavy atom. The molecule has 0 unspecified atom stereocenters. The molecule has 2 aromatic rings. The van der Waals surface area contributed by atoms with Crippen molar-refractivity contribution in [1.29, 1.82) is 0 Å². The van der Waals surface area contributed by atoms with E-state index in [0.29, 0.717) is 9.90 Å². The second-order valence-electron chi connectivity index (χ2n) is 5.57. The first-order chi connectivity index (χ1) is 11.5. The van der Waals surface area contributed by atoms with Crippen molar-refractivity contribution in [2.75, 3.05) is 22.7 Å². The van der Waals surface area contributed by atoms with Crippen LogP contribution in [0.1, 0.15) is 38.5 Å². The van der Waals surface area contributed by atoms with Gasteiger partial charge in [0.05, 0.1) is 11.9 Å². The van der Waals surface area contributed by atoms with Crippen LogP contribution in [0.4, 0.5) is 11.5 Å². The number of pyridine rings is 1. The fraction of sp³-hybridized carbons (Fsp3) is 0.471. The number of hydrogen-bond acceptors (Lipinski definition) is 5. The predicted molar refractivity (Wildman–Crippen MR) is 102 cm³/mol. The van der Waals surface area contributed by atoms with Crippen molar-refractivity contribution >= 4 is 32.9 Å². The lowest BCUT2D eigenvalue weighted by molar-refractivity contribution is 0.603. The molecule has 132 valence electrons. The summed E-state index contributed by atoms with van der Waals surface area (Å²) < 4.78 is 27.8. The zero-order valence-electron chi connectivity index (χ0n) is 14.4. The third-order valence-corrected chi connectivity index (χ3v) is 6.66. The number of nitrogens with one attached hydrogen (secondary N) is 1. The molecule has 0 atom stereocenters. The molecule has 0 saturated heterocycles. The third-order valence-electron chi connectivity index (χ3n) is 3.56. The molecule has 5 nitrogen and oxygen atoms in total. The van der Waals surface area contributed by atoms with Gasteiger partial charge in [0, 0.05) is 18.0 Å². The van der Waals surface area contributed by atoms with Gasteiger partial charge in [0.1, 0.15) is 10.0 Å². The van der Waals surface area contributed by atoms with Gasteiger partial charge in [-0.2, -0.15) is 0 Å². The normalized spacial score (nSPS) is 11.5. The molecule has 7 heteroatoms. The fourth-order valence-electron chi connectivity index (χ4n) is 2.41. The largest absolute Gasteiger partial charge is 0.357 e. The molecule has 0 saturated carbocycles. The minimum absolute atomic E-state index is 0.335. The van der Waals surface area contributed by atoms with E-state index in [1.54, 1.807) is 18.3 Å².